The highest BCUT2D eigenvalue weighted by atomic mass is 16.2. The molecule has 2 rings (SSSR count). The quantitative estimate of drug-likeness (QED) is 0.514. The van der Waals surface area contributed by atoms with Gasteiger partial charge in [-0.15, -0.1) is 0 Å². The first-order chi connectivity index (χ1) is 5.77. The van der Waals surface area contributed by atoms with Gasteiger partial charge in [0.1, 0.15) is 0 Å². The van der Waals surface area contributed by atoms with Gasteiger partial charge < -0.3 is 10.6 Å². The second-order valence-electron chi connectivity index (χ2n) is 3.48. The van der Waals surface area contributed by atoms with Crippen LogP contribution in [0.2, 0.25) is 0 Å². The van der Waals surface area contributed by atoms with E-state index in [2.05, 4.69) is 10.6 Å². The molecule has 2 aliphatic rings. The third kappa shape index (κ3) is 1.17. The number of carbonyl (C=O) groups is 2. The first kappa shape index (κ1) is 7.58. The summed E-state index contributed by atoms with van der Waals surface area (Å²) >= 11 is 0. The number of rotatable bonds is 1. The highest BCUT2D eigenvalue weighted by Gasteiger charge is 2.33. The van der Waals surface area contributed by atoms with Crippen LogP contribution in [-0.4, -0.2) is 24.4 Å². The highest BCUT2D eigenvalue weighted by Crippen LogP contribution is 2.29. The summed E-state index contributed by atoms with van der Waals surface area (Å²) < 4.78 is 0. The van der Waals surface area contributed by atoms with Crippen LogP contribution in [-0.2, 0) is 9.59 Å². The van der Waals surface area contributed by atoms with E-state index in [-0.39, 0.29) is 6.04 Å². The van der Waals surface area contributed by atoms with E-state index in [9.17, 15) is 9.59 Å². The molecule has 12 heavy (non-hydrogen) atoms. The molecule has 1 heterocycles. The van der Waals surface area contributed by atoms with E-state index in [0.29, 0.717) is 12.5 Å². The maximum absolute atomic E-state index is 10.9. The van der Waals surface area contributed by atoms with Crippen LogP contribution < -0.4 is 10.6 Å². The molecule has 0 aromatic heterocycles. The normalized spacial score (nSPS) is 30.5. The Kier molecular flexibility index (Phi) is 1.75. The van der Waals surface area contributed by atoms with Gasteiger partial charge in [-0.25, -0.2) is 0 Å². The number of hydrogen-bond acceptors (Lipinski definition) is 2. The van der Waals surface area contributed by atoms with Crippen molar-refractivity contribution in [1.82, 2.24) is 10.6 Å². The molecule has 1 aliphatic carbocycles. The summed E-state index contributed by atoms with van der Waals surface area (Å²) in [6.07, 6.45) is 3.62. The lowest BCUT2D eigenvalue weighted by Gasteiger charge is -2.36. The Hall–Kier alpha value is -1.06. The minimum absolute atomic E-state index is 0.184. The van der Waals surface area contributed by atoms with E-state index in [1.165, 1.54) is 19.3 Å². The Labute approximate surface area is 70.7 Å². The van der Waals surface area contributed by atoms with Gasteiger partial charge >= 0.3 is 11.8 Å². The molecule has 0 spiro atoms. The molecular weight excluding hydrogens is 156 g/mol. The van der Waals surface area contributed by atoms with Crippen LogP contribution >= 0.6 is 0 Å². The molecule has 1 atom stereocenters. The number of nitrogens with one attached hydrogen (secondary N) is 2. The van der Waals surface area contributed by atoms with Crippen molar-refractivity contribution in [2.24, 2.45) is 5.92 Å². The van der Waals surface area contributed by atoms with Crippen LogP contribution in [0.4, 0.5) is 0 Å². The molecule has 0 bridgehead atoms. The number of hydrogen-bond donors (Lipinski definition) is 2. The van der Waals surface area contributed by atoms with Crippen molar-refractivity contribution in [1.29, 1.82) is 0 Å². The predicted molar refractivity (Wildman–Crippen MR) is 42.3 cm³/mol. The highest BCUT2D eigenvalue weighted by molar-refractivity contribution is 6.35. The van der Waals surface area contributed by atoms with Crippen molar-refractivity contribution in [2.45, 2.75) is 25.3 Å². The van der Waals surface area contributed by atoms with Gasteiger partial charge in [-0.2, -0.15) is 0 Å². The Morgan fingerprint density at radius 1 is 1.17 bits per heavy atom. The van der Waals surface area contributed by atoms with Crippen molar-refractivity contribution >= 4 is 11.8 Å². The maximum Gasteiger partial charge on any atom is 0.309 e. The molecule has 0 radical (unpaired) electrons. The Bertz CT molecular complexity index is 223. The lowest BCUT2D eigenvalue weighted by atomic mass is 9.79. The third-order valence-corrected chi connectivity index (χ3v) is 2.72. The maximum atomic E-state index is 10.9. The Morgan fingerprint density at radius 2 is 1.92 bits per heavy atom. The van der Waals surface area contributed by atoms with Gasteiger partial charge in [0.25, 0.3) is 0 Å². The summed E-state index contributed by atoms with van der Waals surface area (Å²) in [5, 5.41) is 5.30. The van der Waals surface area contributed by atoms with Crippen LogP contribution in [0.3, 0.4) is 0 Å². The van der Waals surface area contributed by atoms with Gasteiger partial charge in [-0.05, 0) is 18.8 Å². The van der Waals surface area contributed by atoms with E-state index in [0.717, 1.165) is 0 Å². The molecule has 1 unspecified atom stereocenters. The lowest BCUT2D eigenvalue weighted by Crippen LogP contribution is -2.59. The van der Waals surface area contributed by atoms with E-state index >= 15 is 0 Å². The average molecular weight is 168 g/mol. The molecule has 2 amide bonds. The van der Waals surface area contributed by atoms with Crippen molar-refractivity contribution in [2.75, 3.05) is 6.54 Å². The molecule has 2 N–H and O–H groups in total. The van der Waals surface area contributed by atoms with Crippen molar-refractivity contribution < 1.29 is 9.59 Å². The fourth-order valence-electron chi connectivity index (χ4n) is 1.69. The minimum Gasteiger partial charge on any atom is -0.346 e. The number of carbonyl (C=O) groups excluding carboxylic acids is 2. The summed E-state index contributed by atoms with van der Waals surface area (Å²) in [5.74, 6) is -0.377. The van der Waals surface area contributed by atoms with E-state index in [4.69, 9.17) is 0 Å². The Balaban J connectivity index is 1.93. The second kappa shape index (κ2) is 2.77. The van der Waals surface area contributed by atoms with E-state index in [1.54, 1.807) is 0 Å². The predicted octanol–water partition coefficient (Wildman–Crippen LogP) is -0.599. The summed E-state index contributed by atoms with van der Waals surface area (Å²) in [4.78, 5) is 21.7. The topological polar surface area (TPSA) is 58.2 Å². The van der Waals surface area contributed by atoms with Crippen LogP contribution in [0, 0.1) is 5.92 Å². The van der Waals surface area contributed by atoms with Crippen molar-refractivity contribution in [3.05, 3.63) is 0 Å². The molecule has 1 saturated heterocycles. The summed E-state index contributed by atoms with van der Waals surface area (Å²) in [6.45, 7) is 0.606. The standard InChI is InChI=1S/C8H12N2O2/c11-7-8(12)10-6(4-9-7)5-2-1-3-5/h5-6H,1-4H2,(H,9,11)(H,10,12). The fourth-order valence-corrected chi connectivity index (χ4v) is 1.69. The van der Waals surface area contributed by atoms with Crippen LogP contribution in [0.15, 0.2) is 0 Å². The van der Waals surface area contributed by atoms with Gasteiger partial charge in [0, 0.05) is 12.6 Å². The third-order valence-electron chi connectivity index (χ3n) is 2.72. The first-order valence-electron chi connectivity index (χ1n) is 4.36. The lowest BCUT2D eigenvalue weighted by molar-refractivity contribution is -0.142. The zero-order chi connectivity index (χ0) is 8.55. The van der Waals surface area contributed by atoms with Crippen molar-refractivity contribution in [3.8, 4) is 0 Å². The largest absolute Gasteiger partial charge is 0.346 e. The Morgan fingerprint density at radius 3 is 2.42 bits per heavy atom. The molecular formula is C8H12N2O2. The molecule has 0 aromatic rings. The van der Waals surface area contributed by atoms with Gasteiger partial charge in [-0.3, -0.25) is 9.59 Å². The van der Waals surface area contributed by atoms with Crippen molar-refractivity contribution in [3.63, 3.8) is 0 Å². The SMILES string of the molecule is O=C1NCC(C2CCC2)NC1=O. The molecule has 0 aromatic carbocycles. The van der Waals surface area contributed by atoms with Gasteiger partial charge in [0.2, 0.25) is 0 Å². The molecule has 4 heteroatoms. The van der Waals surface area contributed by atoms with Crippen LogP contribution in [0.1, 0.15) is 19.3 Å². The van der Waals surface area contributed by atoms with E-state index in [1.807, 2.05) is 0 Å². The molecule has 2 fully saturated rings. The zero-order valence-corrected chi connectivity index (χ0v) is 6.80. The first-order valence-corrected chi connectivity index (χ1v) is 4.36. The summed E-state index contributed by atoms with van der Waals surface area (Å²) in [7, 11) is 0. The number of amides is 2. The summed E-state index contributed by atoms with van der Waals surface area (Å²) in [5.41, 5.74) is 0. The van der Waals surface area contributed by atoms with Crippen LogP contribution in [0.5, 0.6) is 0 Å². The van der Waals surface area contributed by atoms with Crippen LogP contribution in [0.25, 0.3) is 0 Å². The smallest absolute Gasteiger partial charge is 0.309 e. The molecule has 66 valence electrons. The fraction of sp³-hybridized carbons (Fsp3) is 0.750. The van der Waals surface area contributed by atoms with Gasteiger partial charge in [0.15, 0.2) is 0 Å². The molecule has 1 saturated carbocycles. The monoisotopic (exact) mass is 168 g/mol. The summed E-state index contributed by atoms with van der Waals surface area (Å²) in [6, 6.07) is 0.184. The second-order valence-corrected chi connectivity index (χ2v) is 3.48. The van der Waals surface area contributed by atoms with E-state index < -0.39 is 11.8 Å². The average Bonchev–Trinajstić information content (AvgIpc) is 1.93. The number of piperazine rings is 1. The minimum atomic E-state index is -0.495. The molecule has 4 nitrogen and oxygen atoms in total. The molecule has 1 aliphatic heterocycles. The van der Waals surface area contributed by atoms with Gasteiger partial charge in [-0.1, -0.05) is 6.42 Å². The van der Waals surface area contributed by atoms with Gasteiger partial charge in [0.05, 0.1) is 0 Å². The zero-order valence-electron chi connectivity index (χ0n) is 6.80.